The van der Waals surface area contributed by atoms with Crippen LogP contribution in [0.25, 0.3) is 6.08 Å². The highest BCUT2D eigenvalue weighted by Crippen LogP contribution is 2.32. The number of anilines is 1. The van der Waals surface area contributed by atoms with Crippen molar-refractivity contribution in [1.29, 1.82) is 0 Å². The summed E-state index contributed by atoms with van der Waals surface area (Å²) in [6.07, 6.45) is 1.41. The highest BCUT2D eigenvalue weighted by Gasteiger charge is 2.37. The van der Waals surface area contributed by atoms with Crippen LogP contribution in [0.4, 0.5) is 10.5 Å². The molecule has 0 saturated carbocycles. The molecule has 184 valence electrons. The number of nitrogens with zero attached hydrogens (tertiary/aromatic N) is 1. The van der Waals surface area contributed by atoms with Crippen molar-refractivity contribution in [2.75, 3.05) is 12.0 Å². The van der Waals surface area contributed by atoms with Gasteiger partial charge in [0.05, 0.1) is 22.8 Å². The van der Waals surface area contributed by atoms with Gasteiger partial charge in [-0.2, -0.15) is 0 Å². The number of urea groups is 1. The van der Waals surface area contributed by atoms with Crippen LogP contribution in [-0.2, 0) is 16.2 Å². The normalized spacial score (nSPS) is 14.8. The van der Waals surface area contributed by atoms with Gasteiger partial charge in [-0.15, -0.1) is 0 Å². The van der Waals surface area contributed by atoms with Gasteiger partial charge in [-0.1, -0.05) is 47.5 Å². The van der Waals surface area contributed by atoms with Gasteiger partial charge >= 0.3 is 6.03 Å². The van der Waals surface area contributed by atoms with Crippen LogP contribution in [0, 0.1) is 13.8 Å². The molecular weight excluding hydrogens is 503 g/mol. The zero-order chi connectivity index (χ0) is 26.0. The molecule has 36 heavy (non-hydrogen) atoms. The second-order valence-electron chi connectivity index (χ2n) is 8.12. The van der Waals surface area contributed by atoms with Crippen molar-refractivity contribution in [3.8, 4) is 11.5 Å². The van der Waals surface area contributed by atoms with Crippen molar-refractivity contribution in [3.05, 3.63) is 92.5 Å². The number of imide groups is 2. The first-order valence-electron chi connectivity index (χ1n) is 10.9. The van der Waals surface area contributed by atoms with Crippen molar-refractivity contribution in [2.45, 2.75) is 20.5 Å². The van der Waals surface area contributed by atoms with E-state index in [-0.39, 0.29) is 12.2 Å². The fraction of sp³-hybridized carbons (Fsp3) is 0.148. The number of benzene rings is 3. The molecule has 9 heteroatoms. The molecule has 1 fully saturated rings. The van der Waals surface area contributed by atoms with Crippen molar-refractivity contribution in [3.63, 3.8) is 0 Å². The lowest BCUT2D eigenvalue weighted by Gasteiger charge is -2.28. The molecule has 1 N–H and O–H groups in total. The summed E-state index contributed by atoms with van der Waals surface area (Å²) in [6, 6.07) is 14.7. The number of ether oxygens (including phenoxy) is 2. The lowest BCUT2D eigenvalue weighted by molar-refractivity contribution is -0.122. The van der Waals surface area contributed by atoms with Crippen molar-refractivity contribution in [2.24, 2.45) is 0 Å². The third-order valence-electron chi connectivity index (χ3n) is 5.80. The minimum absolute atomic E-state index is 0.179. The van der Waals surface area contributed by atoms with Gasteiger partial charge in [0.1, 0.15) is 12.2 Å². The number of halogens is 2. The maximum Gasteiger partial charge on any atom is 0.335 e. The Hall–Kier alpha value is -3.81. The highest BCUT2D eigenvalue weighted by molar-refractivity contribution is 6.42. The molecule has 0 bridgehead atoms. The number of nitrogens with one attached hydrogen (secondary N) is 1. The molecule has 0 aromatic heterocycles. The predicted molar refractivity (Wildman–Crippen MR) is 139 cm³/mol. The Labute approximate surface area is 218 Å². The summed E-state index contributed by atoms with van der Waals surface area (Å²) >= 11 is 12.0. The average Bonchev–Trinajstić information content (AvgIpc) is 2.85. The van der Waals surface area contributed by atoms with E-state index in [1.165, 1.54) is 13.2 Å². The second-order valence-corrected chi connectivity index (χ2v) is 8.94. The predicted octanol–water partition coefficient (Wildman–Crippen LogP) is 5.86. The van der Waals surface area contributed by atoms with Crippen LogP contribution in [0.2, 0.25) is 10.0 Å². The number of aryl methyl sites for hydroxylation is 1. The van der Waals surface area contributed by atoms with Gasteiger partial charge in [-0.25, -0.2) is 9.69 Å². The van der Waals surface area contributed by atoms with Gasteiger partial charge in [0.15, 0.2) is 11.5 Å². The van der Waals surface area contributed by atoms with Gasteiger partial charge in [0.25, 0.3) is 11.8 Å². The fourth-order valence-corrected chi connectivity index (χ4v) is 4.03. The molecule has 0 spiro atoms. The number of barbiturate groups is 1. The fourth-order valence-electron chi connectivity index (χ4n) is 3.70. The molecule has 1 aliphatic heterocycles. The van der Waals surface area contributed by atoms with E-state index in [9.17, 15) is 14.4 Å². The summed E-state index contributed by atoms with van der Waals surface area (Å²) in [5, 5.41) is 3.12. The minimum atomic E-state index is -0.792. The summed E-state index contributed by atoms with van der Waals surface area (Å²) in [4.78, 5) is 39.3. The average molecular weight is 525 g/mol. The topological polar surface area (TPSA) is 84.9 Å². The number of carbonyl (C=O) groups is 3. The Bertz CT molecular complexity index is 1420. The van der Waals surface area contributed by atoms with Crippen molar-refractivity contribution >= 4 is 52.8 Å². The molecule has 4 rings (SSSR count). The zero-order valence-electron chi connectivity index (χ0n) is 19.7. The van der Waals surface area contributed by atoms with Gasteiger partial charge in [-0.3, -0.25) is 14.9 Å². The van der Waals surface area contributed by atoms with Crippen molar-refractivity contribution < 1.29 is 23.9 Å². The summed E-state index contributed by atoms with van der Waals surface area (Å²) in [6.45, 7) is 3.92. The van der Waals surface area contributed by atoms with E-state index in [2.05, 4.69) is 5.32 Å². The van der Waals surface area contributed by atoms with E-state index < -0.39 is 17.8 Å². The molecule has 1 heterocycles. The van der Waals surface area contributed by atoms with E-state index in [0.29, 0.717) is 32.8 Å². The van der Waals surface area contributed by atoms with Crippen LogP contribution >= 0.6 is 23.2 Å². The van der Waals surface area contributed by atoms with Crippen LogP contribution in [0.1, 0.15) is 22.3 Å². The highest BCUT2D eigenvalue weighted by atomic mass is 35.5. The van der Waals surface area contributed by atoms with Gasteiger partial charge in [0.2, 0.25) is 0 Å². The van der Waals surface area contributed by atoms with E-state index in [4.69, 9.17) is 32.7 Å². The van der Waals surface area contributed by atoms with Gasteiger partial charge in [0, 0.05) is 0 Å². The number of methoxy groups -OCH3 is 1. The summed E-state index contributed by atoms with van der Waals surface area (Å²) < 4.78 is 11.3. The third-order valence-corrected chi connectivity index (χ3v) is 6.53. The Kier molecular flexibility index (Phi) is 7.33. The molecule has 0 unspecified atom stereocenters. The zero-order valence-corrected chi connectivity index (χ0v) is 21.2. The number of hydrogen-bond acceptors (Lipinski definition) is 5. The first-order chi connectivity index (χ1) is 17.2. The molecule has 0 atom stereocenters. The Balaban J connectivity index is 1.61. The molecule has 7 nitrogen and oxygen atoms in total. The monoisotopic (exact) mass is 524 g/mol. The molecular formula is C27H22Cl2N2O5. The Morgan fingerprint density at radius 3 is 2.44 bits per heavy atom. The van der Waals surface area contributed by atoms with Crippen LogP contribution < -0.4 is 19.7 Å². The molecule has 4 amide bonds. The van der Waals surface area contributed by atoms with Crippen LogP contribution in [-0.4, -0.2) is 25.0 Å². The Morgan fingerprint density at radius 1 is 0.944 bits per heavy atom. The molecule has 1 saturated heterocycles. The largest absolute Gasteiger partial charge is 0.493 e. The minimum Gasteiger partial charge on any atom is -0.493 e. The van der Waals surface area contributed by atoms with Gasteiger partial charge in [-0.05, 0) is 72.5 Å². The van der Waals surface area contributed by atoms with E-state index in [1.54, 1.807) is 48.5 Å². The molecule has 0 aliphatic carbocycles. The second kappa shape index (κ2) is 10.4. The standard InChI is InChI=1S/C27H22Cl2N2O5/c1-15-5-4-6-22(16(15)2)31-26(33)19(25(32)30-27(31)34)11-17-8-10-23(24(13-17)35-3)36-14-18-7-9-20(28)21(29)12-18/h4-13H,14H2,1-3H3,(H,30,32,34)/b19-11+. The molecule has 3 aromatic carbocycles. The summed E-state index contributed by atoms with van der Waals surface area (Å²) in [7, 11) is 1.48. The SMILES string of the molecule is COc1cc(/C=C2\C(=O)NC(=O)N(c3cccc(C)c3C)C2=O)ccc1OCc1ccc(Cl)c(Cl)c1. The lowest BCUT2D eigenvalue weighted by Crippen LogP contribution is -2.54. The first kappa shape index (κ1) is 25.3. The number of amides is 4. The van der Waals surface area contributed by atoms with E-state index in [0.717, 1.165) is 21.6 Å². The van der Waals surface area contributed by atoms with Gasteiger partial charge < -0.3 is 9.47 Å². The van der Waals surface area contributed by atoms with Crippen LogP contribution in [0.15, 0.2) is 60.2 Å². The smallest absolute Gasteiger partial charge is 0.335 e. The molecule has 0 radical (unpaired) electrons. The summed E-state index contributed by atoms with van der Waals surface area (Å²) in [5.74, 6) is -0.630. The number of rotatable bonds is 6. The lowest BCUT2D eigenvalue weighted by atomic mass is 10.0. The van der Waals surface area contributed by atoms with Crippen molar-refractivity contribution in [1.82, 2.24) is 5.32 Å². The quantitative estimate of drug-likeness (QED) is 0.322. The molecule has 1 aliphatic rings. The summed E-state index contributed by atoms with van der Waals surface area (Å²) in [5.41, 5.74) is 3.25. The Morgan fingerprint density at radius 2 is 1.72 bits per heavy atom. The number of carbonyl (C=O) groups excluding carboxylic acids is 3. The maximum absolute atomic E-state index is 13.2. The first-order valence-corrected chi connectivity index (χ1v) is 11.7. The van der Waals surface area contributed by atoms with E-state index in [1.807, 2.05) is 19.9 Å². The van der Waals surface area contributed by atoms with E-state index >= 15 is 0 Å². The maximum atomic E-state index is 13.2. The third kappa shape index (κ3) is 5.08. The molecule has 3 aromatic rings. The van der Waals surface area contributed by atoms with Crippen LogP contribution in [0.3, 0.4) is 0 Å². The number of hydrogen-bond donors (Lipinski definition) is 1. The van der Waals surface area contributed by atoms with Crippen LogP contribution in [0.5, 0.6) is 11.5 Å².